The highest BCUT2D eigenvalue weighted by Gasteiger charge is 2.27. The van der Waals surface area contributed by atoms with E-state index in [9.17, 15) is 22.8 Å². The van der Waals surface area contributed by atoms with Crippen molar-refractivity contribution in [2.75, 3.05) is 36.5 Å². The molecule has 1 saturated heterocycles. The van der Waals surface area contributed by atoms with E-state index in [2.05, 4.69) is 5.32 Å². The van der Waals surface area contributed by atoms with E-state index in [0.717, 1.165) is 25.7 Å². The minimum Gasteiger partial charge on any atom is -0.452 e. The number of nitrogens with zero attached hydrogens (tertiary/aromatic N) is 2. The predicted octanol–water partition coefficient (Wildman–Crippen LogP) is 2.79. The van der Waals surface area contributed by atoms with Gasteiger partial charge in [0, 0.05) is 19.2 Å². The zero-order valence-corrected chi connectivity index (χ0v) is 20.0. The molecule has 10 heteroatoms. The molecule has 1 N–H and O–H groups in total. The number of nitrogens with one attached hydrogen (secondary N) is 1. The number of fused-ring (bicyclic) bond motifs is 1. The number of hydrogen-bond acceptors (Lipinski definition) is 6. The Labute approximate surface area is 204 Å². The van der Waals surface area contributed by atoms with Gasteiger partial charge in [0.15, 0.2) is 6.61 Å². The third kappa shape index (κ3) is 5.95. The number of sulfonamides is 1. The molecule has 0 saturated carbocycles. The summed E-state index contributed by atoms with van der Waals surface area (Å²) in [6.45, 7) is 0.387. The Kier molecular flexibility index (Phi) is 7.62. The third-order valence-electron chi connectivity index (χ3n) is 5.90. The van der Waals surface area contributed by atoms with Gasteiger partial charge < -0.3 is 10.1 Å². The molecular weight excluding hydrogens is 470 g/mol. The summed E-state index contributed by atoms with van der Waals surface area (Å²) in [7, 11) is -3.54. The van der Waals surface area contributed by atoms with E-state index in [0.29, 0.717) is 30.0 Å². The van der Waals surface area contributed by atoms with Crippen LogP contribution < -0.4 is 10.2 Å². The quantitative estimate of drug-likeness (QED) is 0.485. The van der Waals surface area contributed by atoms with Gasteiger partial charge in [0.25, 0.3) is 5.91 Å². The molecule has 0 aromatic heterocycles. The van der Waals surface area contributed by atoms with Crippen molar-refractivity contribution in [3.05, 3.63) is 60.2 Å². The summed E-state index contributed by atoms with van der Waals surface area (Å²) >= 11 is 0. The fourth-order valence-corrected chi connectivity index (χ4v) is 5.58. The summed E-state index contributed by atoms with van der Waals surface area (Å²) in [5.41, 5.74) is 1.67. The van der Waals surface area contributed by atoms with Crippen molar-refractivity contribution in [3.8, 4) is 0 Å². The molecule has 0 bridgehead atoms. The number of carbonyl (C=O) groups is 3. The van der Waals surface area contributed by atoms with Crippen LogP contribution in [0.4, 0.5) is 11.4 Å². The number of benzene rings is 2. The highest BCUT2D eigenvalue weighted by atomic mass is 32.2. The van der Waals surface area contributed by atoms with Crippen LogP contribution in [-0.4, -0.2) is 56.7 Å². The molecule has 9 nitrogen and oxygen atoms in total. The van der Waals surface area contributed by atoms with Crippen molar-refractivity contribution in [1.29, 1.82) is 0 Å². The predicted molar refractivity (Wildman–Crippen MR) is 131 cm³/mol. The fourth-order valence-electron chi connectivity index (χ4n) is 4.06. The molecule has 2 amide bonds. The van der Waals surface area contributed by atoms with Crippen molar-refractivity contribution >= 4 is 45.3 Å². The molecule has 0 unspecified atom stereocenters. The lowest BCUT2D eigenvalue weighted by Gasteiger charge is -2.28. The largest absolute Gasteiger partial charge is 0.452 e. The van der Waals surface area contributed by atoms with Crippen molar-refractivity contribution in [1.82, 2.24) is 4.31 Å². The lowest BCUT2D eigenvalue weighted by molar-refractivity contribution is -0.143. The Bertz CT molecular complexity index is 1230. The van der Waals surface area contributed by atoms with Crippen molar-refractivity contribution < 1.29 is 27.5 Å². The van der Waals surface area contributed by atoms with Crippen LogP contribution in [0.2, 0.25) is 0 Å². The smallest absolute Gasteiger partial charge is 0.331 e. The molecule has 184 valence electrons. The topological polar surface area (TPSA) is 113 Å². The van der Waals surface area contributed by atoms with Crippen molar-refractivity contribution in [2.24, 2.45) is 0 Å². The van der Waals surface area contributed by atoms with Gasteiger partial charge in [0.05, 0.1) is 16.3 Å². The second kappa shape index (κ2) is 10.8. The van der Waals surface area contributed by atoms with E-state index >= 15 is 0 Å². The normalized spacial score (nSPS) is 16.9. The first-order valence-corrected chi connectivity index (χ1v) is 12.9. The van der Waals surface area contributed by atoms with Crippen LogP contribution in [0.5, 0.6) is 0 Å². The maximum Gasteiger partial charge on any atom is 0.331 e. The van der Waals surface area contributed by atoms with Crippen LogP contribution in [0.25, 0.3) is 6.08 Å². The Morgan fingerprint density at radius 3 is 2.37 bits per heavy atom. The summed E-state index contributed by atoms with van der Waals surface area (Å²) in [5.74, 6) is -1.57. The molecule has 2 aromatic rings. The Morgan fingerprint density at radius 2 is 1.66 bits per heavy atom. The number of amides is 2. The minimum atomic E-state index is -3.54. The van der Waals surface area contributed by atoms with Crippen LogP contribution >= 0.6 is 0 Å². The summed E-state index contributed by atoms with van der Waals surface area (Å²) in [6, 6.07) is 13.1. The lowest BCUT2D eigenvalue weighted by Crippen LogP contribution is -2.43. The van der Waals surface area contributed by atoms with E-state index in [1.54, 1.807) is 36.4 Å². The average Bonchev–Trinajstić information content (AvgIpc) is 3.16. The van der Waals surface area contributed by atoms with Gasteiger partial charge in [0.1, 0.15) is 6.54 Å². The highest BCUT2D eigenvalue weighted by molar-refractivity contribution is 7.89. The number of ether oxygens (including phenoxy) is 1. The summed E-state index contributed by atoms with van der Waals surface area (Å²) in [5, 5.41) is 2.69. The Balaban J connectivity index is 1.33. The first kappa shape index (κ1) is 24.6. The molecule has 1 fully saturated rings. The second-order valence-corrected chi connectivity index (χ2v) is 10.3. The van der Waals surface area contributed by atoms with Crippen LogP contribution in [0.3, 0.4) is 0 Å². The minimum absolute atomic E-state index is 0.157. The van der Waals surface area contributed by atoms with Crippen LogP contribution in [0, 0.1) is 0 Å². The average molecular weight is 498 g/mol. The number of para-hydroxylation sites is 2. The molecule has 2 aliphatic heterocycles. The number of rotatable bonds is 6. The standard InChI is InChI=1S/C25H27N3O6S/c29-23-17-28(22-8-4-3-7-21(22)26-23)24(30)18-34-25(31)14-11-19-9-12-20(13-10-19)35(32,33)27-15-5-1-2-6-16-27/h3-4,7-14H,1-2,5-6,15-18H2,(H,26,29). The lowest BCUT2D eigenvalue weighted by atomic mass is 10.2. The second-order valence-electron chi connectivity index (χ2n) is 8.37. The van der Waals surface area contributed by atoms with E-state index < -0.39 is 28.5 Å². The molecule has 2 aromatic carbocycles. The summed E-state index contributed by atoms with van der Waals surface area (Å²) < 4.78 is 32.3. The van der Waals surface area contributed by atoms with Gasteiger partial charge in [-0.15, -0.1) is 0 Å². The van der Waals surface area contributed by atoms with Crippen molar-refractivity contribution in [2.45, 2.75) is 30.6 Å². The maximum absolute atomic E-state index is 12.9. The molecule has 0 aliphatic carbocycles. The Hall–Kier alpha value is -3.50. The third-order valence-corrected chi connectivity index (χ3v) is 7.82. The monoisotopic (exact) mass is 497 g/mol. The van der Waals surface area contributed by atoms with E-state index in [1.807, 2.05) is 0 Å². The van der Waals surface area contributed by atoms with Gasteiger partial charge in [-0.1, -0.05) is 37.1 Å². The fraction of sp³-hybridized carbons (Fsp3) is 0.320. The molecule has 4 rings (SSSR count). The number of esters is 1. The molecular formula is C25H27N3O6S. The van der Waals surface area contributed by atoms with Gasteiger partial charge in [-0.25, -0.2) is 13.2 Å². The van der Waals surface area contributed by atoms with Gasteiger partial charge in [-0.05, 0) is 48.7 Å². The van der Waals surface area contributed by atoms with Crippen LogP contribution in [0.15, 0.2) is 59.5 Å². The summed E-state index contributed by atoms with van der Waals surface area (Å²) in [6.07, 6.45) is 6.46. The van der Waals surface area contributed by atoms with Gasteiger partial charge >= 0.3 is 5.97 Å². The molecule has 2 aliphatic rings. The molecule has 0 atom stereocenters. The number of anilines is 2. The molecule has 0 radical (unpaired) electrons. The molecule has 35 heavy (non-hydrogen) atoms. The van der Waals surface area contributed by atoms with E-state index in [-0.39, 0.29) is 17.3 Å². The molecule has 0 spiro atoms. The van der Waals surface area contributed by atoms with Gasteiger partial charge in [0.2, 0.25) is 15.9 Å². The first-order valence-electron chi connectivity index (χ1n) is 11.5. The highest BCUT2D eigenvalue weighted by Crippen LogP contribution is 2.28. The van der Waals surface area contributed by atoms with E-state index in [1.165, 1.54) is 33.5 Å². The summed E-state index contributed by atoms with van der Waals surface area (Å²) in [4.78, 5) is 38.0. The van der Waals surface area contributed by atoms with Gasteiger partial charge in [-0.2, -0.15) is 4.31 Å². The van der Waals surface area contributed by atoms with Crippen LogP contribution in [-0.2, 0) is 29.1 Å². The zero-order chi connectivity index (χ0) is 24.8. The Morgan fingerprint density at radius 1 is 0.971 bits per heavy atom. The number of hydrogen-bond donors (Lipinski definition) is 1. The zero-order valence-electron chi connectivity index (χ0n) is 19.2. The van der Waals surface area contributed by atoms with Crippen molar-refractivity contribution in [3.63, 3.8) is 0 Å². The van der Waals surface area contributed by atoms with Crippen LogP contribution in [0.1, 0.15) is 31.2 Å². The maximum atomic E-state index is 12.9. The SMILES string of the molecule is O=C1CN(C(=O)COC(=O)C=Cc2ccc(S(=O)(=O)N3CCCCCC3)cc2)c2ccccc2N1. The van der Waals surface area contributed by atoms with E-state index in [4.69, 9.17) is 4.74 Å². The first-order chi connectivity index (χ1) is 16.8. The number of carbonyl (C=O) groups excluding carboxylic acids is 3. The molecule has 2 heterocycles. The van der Waals surface area contributed by atoms with Gasteiger partial charge in [-0.3, -0.25) is 14.5 Å².